The highest BCUT2D eigenvalue weighted by atomic mass is 16.5. The highest BCUT2D eigenvalue weighted by Gasteiger charge is 2.16. The molecule has 26 heavy (non-hydrogen) atoms. The number of hydrogen-bond acceptors (Lipinski definition) is 3. The van der Waals surface area contributed by atoms with Crippen molar-refractivity contribution in [1.29, 1.82) is 0 Å². The van der Waals surface area contributed by atoms with Crippen molar-refractivity contribution >= 4 is 17.0 Å². The molecule has 0 saturated carbocycles. The highest BCUT2D eigenvalue weighted by molar-refractivity contribution is 5.78. The van der Waals surface area contributed by atoms with E-state index in [9.17, 15) is 4.79 Å². The Balaban J connectivity index is 1.58. The number of ether oxygens (including phenoxy) is 1. The van der Waals surface area contributed by atoms with E-state index in [1.165, 1.54) is 0 Å². The molecule has 0 fully saturated rings. The molecule has 2 amide bonds. The van der Waals surface area contributed by atoms with Crippen molar-refractivity contribution in [2.45, 2.75) is 32.9 Å². The number of para-hydroxylation sites is 1. The van der Waals surface area contributed by atoms with Gasteiger partial charge in [-0.2, -0.15) is 0 Å². The number of carbonyl (C=O) groups is 1. The van der Waals surface area contributed by atoms with Gasteiger partial charge in [0.2, 0.25) is 0 Å². The average Bonchev–Trinajstić information content (AvgIpc) is 3.07. The van der Waals surface area contributed by atoms with Crippen molar-refractivity contribution in [3.05, 3.63) is 65.9 Å². The fourth-order valence-electron chi connectivity index (χ4n) is 2.82. The lowest BCUT2D eigenvalue weighted by atomic mass is 10.1. The molecular weight excluding hydrogens is 328 g/mol. The summed E-state index contributed by atoms with van der Waals surface area (Å²) >= 11 is 0. The van der Waals surface area contributed by atoms with Crippen LogP contribution in [0.5, 0.6) is 5.75 Å². The summed E-state index contributed by atoms with van der Waals surface area (Å²) in [7, 11) is 0. The minimum atomic E-state index is -0.237. The molecule has 5 heteroatoms. The molecule has 1 heterocycles. The van der Waals surface area contributed by atoms with Gasteiger partial charge in [0.05, 0.1) is 18.7 Å². The zero-order chi connectivity index (χ0) is 18.5. The number of rotatable bonds is 6. The second-order valence-electron chi connectivity index (χ2n) is 6.25. The standard InChI is InChI=1S/C21H24N2O3/c1-4-25-18-11-9-16(10-12-18)14(2)22-21(24)23-15(3)20-13-17-7-5-6-8-19(17)26-20/h5-15H,4H2,1-3H3,(H2,22,23,24). The van der Waals surface area contributed by atoms with Crippen LogP contribution in [0.2, 0.25) is 0 Å². The molecule has 5 nitrogen and oxygen atoms in total. The number of benzene rings is 2. The summed E-state index contributed by atoms with van der Waals surface area (Å²) in [4.78, 5) is 12.3. The number of amides is 2. The van der Waals surface area contributed by atoms with Crippen molar-refractivity contribution in [3.8, 4) is 5.75 Å². The van der Waals surface area contributed by atoms with Crippen molar-refractivity contribution in [2.75, 3.05) is 6.61 Å². The Morgan fingerprint density at radius 2 is 1.73 bits per heavy atom. The van der Waals surface area contributed by atoms with E-state index in [1.54, 1.807) is 0 Å². The molecule has 2 atom stereocenters. The Bertz CT molecular complexity index is 837. The molecule has 136 valence electrons. The van der Waals surface area contributed by atoms with Gasteiger partial charge in [0, 0.05) is 5.39 Å². The Morgan fingerprint density at radius 3 is 2.42 bits per heavy atom. The number of furan rings is 1. The van der Waals surface area contributed by atoms with Gasteiger partial charge in [-0.1, -0.05) is 30.3 Å². The monoisotopic (exact) mass is 352 g/mol. The van der Waals surface area contributed by atoms with Crippen LogP contribution in [0.3, 0.4) is 0 Å². The lowest BCUT2D eigenvalue weighted by Gasteiger charge is -2.18. The maximum atomic E-state index is 12.3. The first kappa shape index (κ1) is 17.9. The van der Waals surface area contributed by atoms with E-state index in [0.717, 1.165) is 28.0 Å². The minimum Gasteiger partial charge on any atom is -0.494 e. The second kappa shape index (κ2) is 7.95. The van der Waals surface area contributed by atoms with Gasteiger partial charge in [-0.05, 0) is 50.6 Å². The SMILES string of the molecule is CCOc1ccc(C(C)NC(=O)NC(C)c2cc3ccccc3o2)cc1. The molecule has 0 saturated heterocycles. The lowest BCUT2D eigenvalue weighted by molar-refractivity contribution is 0.233. The van der Waals surface area contributed by atoms with E-state index in [-0.39, 0.29) is 18.1 Å². The van der Waals surface area contributed by atoms with Crippen molar-refractivity contribution in [1.82, 2.24) is 10.6 Å². The van der Waals surface area contributed by atoms with Crippen molar-refractivity contribution < 1.29 is 13.9 Å². The zero-order valence-corrected chi connectivity index (χ0v) is 15.3. The van der Waals surface area contributed by atoms with Gasteiger partial charge < -0.3 is 19.8 Å². The average molecular weight is 352 g/mol. The van der Waals surface area contributed by atoms with Crippen LogP contribution in [0.4, 0.5) is 4.79 Å². The first-order valence-electron chi connectivity index (χ1n) is 8.85. The largest absolute Gasteiger partial charge is 0.494 e. The van der Waals surface area contributed by atoms with Gasteiger partial charge >= 0.3 is 6.03 Å². The molecular formula is C21H24N2O3. The Labute approximate surface area is 153 Å². The molecule has 0 bridgehead atoms. The molecule has 2 N–H and O–H groups in total. The van der Waals surface area contributed by atoms with Gasteiger partial charge in [0.15, 0.2) is 0 Å². The van der Waals surface area contributed by atoms with E-state index < -0.39 is 0 Å². The van der Waals surface area contributed by atoms with Crippen molar-refractivity contribution in [2.24, 2.45) is 0 Å². The number of urea groups is 1. The summed E-state index contributed by atoms with van der Waals surface area (Å²) in [5.41, 5.74) is 1.83. The van der Waals surface area contributed by atoms with Crippen LogP contribution in [0, 0.1) is 0 Å². The van der Waals surface area contributed by atoms with E-state index in [4.69, 9.17) is 9.15 Å². The smallest absolute Gasteiger partial charge is 0.315 e. The lowest BCUT2D eigenvalue weighted by Crippen LogP contribution is -2.38. The summed E-state index contributed by atoms with van der Waals surface area (Å²) in [6, 6.07) is 16.9. The third kappa shape index (κ3) is 4.17. The Hall–Kier alpha value is -2.95. The predicted molar refractivity (Wildman–Crippen MR) is 102 cm³/mol. The zero-order valence-electron chi connectivity index (χ0n) is 15.3. The second-order valence-corrected chi connectivity index (χ2v) is 6.25. The van der Waals surface area contributed by atoms with Crippen LogP contribution in [-0.2, 0) is 0 Å². The number of nitrogens with one attached hydrogen (secondary N) is 2. The number of carbonyl (C=O) groups excluding carboxylic acids is 1. The number of fused-ring (bicyclic) bond motifs is 1. The molecule has 0 spiro atoms. The molecule has 2 unspecified atom stereocenters. The molecule has 1 aromatic heterocycles. The molecule has 0 aliphatic heterocycles. The summed E-state index contributed by atoms with van der Waals surface area (Å²) in [5.74, 6) is 1.56. The molecule has 3 rings (SSSR count). The summed E-state index contributed by atoms with van der Waals surface area (Å²) in [5, 5.41) is 6.90. The Morgan fingerprint density at radius 1 is 1.04 bits per heavy atom. The molecule has 2 aromatic carbocycles. The molecule has 3 aromatic rings. The van der Waals surface area contributed by atoms with E-state index in [0.29, 0.717) is 6.61 Å². The van der Waals surface area contributed by atoms with Gasteiger partial charge in [0.1, 0.15) is 17.1 Å². The first-order valence-corrected chi connectivity index (χ1v) is 8.85. The Kier molecular flexibility index (Phi) is 5.46. The third-order valence-electron chi connectivity index (χ3n) is 4.26. The van der Waals surface area contributed by atoms with Gasteiger partial charge in [-0.25, -0.2) is 4.79 Å². The van der Waals surface area contributed by atoms with Gasteiger partial charge in [-0.3, -0.25) is 0 Å². The molecule has 0 radical (unpaired) electrons. The van der Waals surface area contributed by atoms with Crippen LogP contribution < -0.4 is 15.4 Å². The topological polar surface area (TPSA) is 63.5 Å². The van der Waals surface area contributed by atoms with E-state index >= 15 is 0 Å². The van der Waals surface area contributed by atoms with E-state index in [1.807, 2.05) is 75.4 Å². The van der Waals surface area contributed by atoms with Crippen LogP contribution in [0.1, 0.15) is 44.2 Å². The fourth-order valence-corrected chi connectivity index (χ4v) is 2.82. The summed E-state index contributed by atoms with van der Waals surface area (Å²) < 4.78 is 11.2. The molecule has 0 aliphatic rings. The van der Waals surface area contributed by atoms with Crippen LogP contribution in [-0.4, -0.2) is 12.6 Å². The molecule has 0 aliphatic carbocycles. The van der Waals surface area contributed by atoms with Crippen LogP contribution in [0.25, 0.3) is 11.0 Å². The quantitative estimate of drug-likeness (QED) is 0.659. The fraction of sp³-hybridized carbons (Fsp3) is 0.286. The van der Waals surface area contributed by atoms with E-state index in [2.05, 4.69) is 10.6 Å². The highest BCUT2D eigenvalue weighted by Crippen LogP contribution is 2.23. The normalized spacial score (nSPS) is 13.2. The predicted octanol–water partition coefficient (Wildman–Crippen LogP) is 4.95. The van der Waals surface area contributed by atoms with Crippen LogP contribution in [0.15, 0.2) is 59.0 Å². The first-order chi connectivity index (χ1) is 12.6. The van der Waals surface area contributed by atoms with Gasteiger partial charge in [-0.15, -0.1) is 0 Å². The van der Waals surface area contributed by atoms with Crippen molar-refractivity contribution in [3.63, 3.8) is 0 Å². The maximum Gasteiger partial charge on any atom is 0.315 e. The maximum absolute atomic E-state index is 12.3. The third-order valence-corrected chi connectivity index (χ3v) is 4.26. The summed E-state index contributed by atoms with van der Waals surface area (Å²) in [6.45, 7) is 6.43. The van der Waals surface area contributed by atoms with Gasteiger partial charge in [0.25, 0.3) is 0 Å². The van der Waals surface area contributed by atoms with Crippen LogP contribution >= 0.6 is 0 Å². The minimum absolute atomic E-state index is 0.117. The summed E-state index contributed by atoms with van der Waals surface area (Å²) in [6.07, 6.45) is 0. The number of hydrogen-bond donors (Lipinski definition) is 2.